The van der Waals surface area contributed by atoms with E-state index in [1.54, 1.807) is 0 Å². The van der Waals surface area contributed by atoms with Gasteiger partial charge in [-0.2, -0.15) is 0 Å². The molecular weight excluding hydrogens is 242 g/mol. The number of carbonyl (C=O) groups is 1. The first kappa shape index (κ1) is 16.4. The van der Waals surface area contributed by atoms with Crippen molar-refractivity contribution >= 4 is 5.97 Å². The summed E-state index contributed by atoms with van der Waals surface area (Å²) in [4.78, 5) is 16.6. The molecule has 1 saturated heterocycles. The molecular formula is C14H29N3O2. The van der Waals surface area contributed by atoms with E-state index >= 15 is 0 Å². The lowest BCUT2D eigenvalue weighted by atomic mass is 9.98. The van der Waals surface area contributed by atoms with Crippen molar-refractivity contribution in [2.24, 2.45) is 0 Å². The number of hydrogen-bond donors (Lipinski definition) is 1. The number of esters is 1. The van der Waals surface area contributed by atoms with E-state index in [4.69, 9.17) is 4.74 Å². The summed E-state index contributed by atoms with van der Waals surface area (Å²) in [7, 11) is 5.72. The predicted molar refractivity (Wildman–Crippen MR) is 77.2 cm³/mol. The van der Waals surface area contributed by atoms with Crippen molar-refractivity contribution in [3.05, 3.63) is 0 Å². The van der Waals surface area contributed by atoms with Gasteiger partial charge in [-0.05, 0) is 53.5 Å². The molecule has 1 aliphatic heterocycles. The van der Waals surface area contributed by atoms with Crippen molar-refractivity contribution in [1.29, 1.82) is 0 Å². The minimum absolute atomic E-state index is 0.186. The highest BCUT2D eigenvalue weighted by Gasteiger charge is 2.36. The highest BCUT2D eigenvalue weighted by Crippen LogP contribution is 2.17. The monoisotopic (exact) mass is 271 g/mol. The fourth-order valence-corrected chi connectivity index (χ4v) is 2.87. The standard InChI is InChI=1S/C14H29N3O2/c1-6-15-14(2,13(18)19-5)11-17(4)12-7-9-16(3)10-8-12/h12,15H,6-11H2,1-5H3. The molecule has 0 aromatic carbocycles. The number of piperidine rings is 1. The summed E-state index contributed by atoms with van der Waals surface area (Å²) in [5, 5.41) is 3.26. The normalized spacial score (nSPS) is 21.4. The zero-order chi connectivity index (χ0) is 14.5. The van der Waals surface area contributed by atoms with Gasteiger partial charge in [0.2, 0.25) is 0 Å². The molecule has 0 aliphatic carbocycles. The van der Waals surface area contributed by atoms with Crippen LogP contribution in [-0.2, 0) is 9.53 Å². The first-order valence-corrected chi connectivity index (χ1v) is 7.15. The molecule has 1 fully saturated rings. The van der Waals surface area contributed by atoms with Gasteiger partial charge in [-0.25, -0.2) is 0 Å². The fraction of sp³-hybridized carbons (Fsp3) is 0.929. The smallest absolute Gasteiger partial charge is 0.327 e. The molecule has 0 spiro atoms. The molecule has 0 aromatic rings. The summed E-state index contributed by atoms with van der Waals surface area (Å²) < 4.78 is 4.94. The number of rotatable bonds is 6. The van der Waals surface area contributed by atoms with Gasteiger partial charge in [0.1, 0.15) is 5.54 Å². The van der Waals surface area contributed by atoms with Crippen molar-refractivity contribution in [3.8, 4) is 0 Å². The van der Waals surface area contributed by atoms with Crippen LogP contribution in [0, 0.1) is 0 Å². The number of likely N-dealkylation sites (tertiary alicyclic amines) is 1. The molecule has 112 valence electrons. The molecule has 0 radical (unpaired) electrons. The zero-order valence-corrected chi connectivity index (χ0v) is 13.0. The largest absolute Gasteiger partial charge is 0.468 e. The first-order valence-electron chi connectivity index (χ1n) is 7.15. The Morgan fingerprint density at radius 1 is 1.47 bits per heavy atom. The fourth-order valence-electron chi connectivity index (χ4n) is 2.87. The first-order chi connectivity index (χ1) is 8.92. The minimum atomic E-state index is -0.623. The van der Waals surface area contributed by atoms with E-state index in [9.17, 15) is 4.79 Å². The minimum Gasteiger partial charge on any atom is -0.468 e. The van der Waals surface area contributed by atoms with Crippen molar-refractivity contribution in [2.75, 3.05) is 47.4 Å². The number of ether oxygens (including phenoxy) is 1. The number of methoxy groups -OCH3 is 1. The Balaban J connectivity index is 2.60. The summed E-state index contributed by atoms with van der Waals surface area (Å²) in [6.45, 7) is 7.63. The third-order valence-corrected chi connectivity index (χ3v) is 4.08. The lowest BCUT2D eigenvalue weighted by Gasteiger charge is -2.39. The lowest BCUT2D eigenvalue weighted by Crippen LogP contribution is -2.58. The molecule has 5 heteroatoms. The molecule has 0 bridgehead atoms. The maximum atomic E-state index is 12.0. The summed E-state index contributed by atoms with van der Waals surface area (Å²) in [6.07, 6.45) is 2.33. The molecule has 1 rings (SSSR count). The summed E-state index contributed by atoms with van der Waals surface area (Å²) in [5.74, 6) is -0.186. The molecule has 1 N–H and O–H groups in total. The van der Waals surface area contributed by atoms with Crippen molar-refractivity contribution in [1.82, 2.24) is 15.1 Å². The predicted octanol–water partition coefficient (Wildman–Crippen LogP) is 0.554. The molecule has 0 amide bonds. The number of nitrogens with one attached hydrogen (secondary N) is 1. The van der Waals surface area contributed by atoms with Crippen molar-refractivity contribution in [3.63, 3.8) is 0 Å². The Morgan fingerprint density at radius 3 is 2.53 bits per heavy atom. The molecule has 1 heterocycles. The Labute approximate surface area is 117 Å². The number of nitrogens with zero attached hydrogens (tertiary/aromatic N) is 2. The van der Waals surface area contributed by atoms with Crippen molar-refractivity contribution < 1.29 is 9.53 Å². The van der Waals surface area contributed by atoms with Gasteiger partial charge in [-0.1, -0.05) is 6.92 Å². The van der Waals surface area contributed by atoms with E-state index in [1.807, 2.05) is 13.8 Å². The van der Waals surface area contributed by atoms with E-state index in [-0.39, 0.29) is 5.97 Å². The van der Waals surface area contributed by atoms with Crippen LogP contribution in [0.2, 0.25) is 0 Å². The van der Waals surface area contributed by atoms with Crippen LogP contribution in [0.15, 0.2) is 0 Å². The van der Waals surface area contributed by atoms with Crippen LogP contribution in [-0.4, -0.2) is 74.7 Å². The summed E-state index contributed by atoms with van der Waals surface area (Å²) in [6, 6.07) is 0.554. The van der Waals surface area contributed by atoms with Crippen LogP contribution in [0.5, 0.6) is 0 Å². The highest BCUT2D eigenvalue weighted by atomic mass is 16.5. The quantitative estimate of drug-likeness (QED) is 0.715. The molecule has 5 nitrogen and oxygen atoms in total. The summed E-state index contributed by atoms with van der Waals surface area (Å²) in [5.41, 5.74) is -0.623. The molecule has 1 unspecified atom stereocenters. The van der Waals surface area contributed by atoms with Crippen LogP contribution in [0.4, 0.5) is 0 Å². The Hall–Kier alpha value is -0.650. The zero-order valence-electron chi connectivity index (χ0n) is 13.0. The van der Waals surface area contributed by atoms with Crippen LogP contribution in [0.25, 0.3) is 0 Å². The lowest BCUT2D eigenvalue weighted by molar-refractivity contribution is -0.149. The molecule has 19 heavy (non-hydrogen) atoms. The van der Waals surface area contributed by atoms with Gasteiger partial charge in [0.25, 0.3) is 0 Å². The average Bonchev–Trinajstić information content (AvgIpc) is 2.38. The second-order valence-electron chi connectivity index (χ2n) is 5.80. The molecule has 1 aliphatic rings. The number of likely N-dealkylation sites (N-methyl/N-ethyl adjacent to an activating group) is 2. The maximum Gasteiger partial charge on any atom is 0.327 e. The van der Waals surface area contributed by atoms with Gasteiger partial charge in [0, 0.05) is 12.6 Å². The van der Waals surface area contributed by atoms with Gasteiger partial charge in [0.05, 0.1) is 7.11 Å². The Bertz CT molecular complexity index is 290. The Kier molecular flexibility index (Phi) is 6.23. The van der Waals surface area contributed by atoms with Gasteiger partial charge in [0.15, 0.2) is 0 Å². The third kappa shape index (κ3) is 4.44. The maximum absolute atomic E-state index is 12.0. The third-order valence-electron chi connectivity index (χ3n) is 4.08. The Morgan fingerprint density at radius 2 is 2.05 bits per heavy atom. The van der Waals surface area contributed by atoms with Crippen molar-refractivity contribution in [2.45, 2.75) is 38.3 Å². The van der Waals surface area contributed by atoms with Crippen LogP contribution in [0.1, 0.15) is 26.7 Å². The van der Waals surface area contributed by atoms with Crippen LogP contribution < -0.4 is 5.32 Å². The van der Waals surface area contributed by atoms with E-state index in [0.29, 0.717) is 12.6 Å². The number of hydrogen-bond acceptors (Lipinski definition) is 5. The van der Waals surface area contributed by atoms with E-state index in [1.165, 1.54) is 7.11 Å². The summed E-state index contributed by atoms with van der Waals surface area (Å²) >= 11 is 0. The van der Waals surface area contributed by atoms with Gasteiger partial charge < -0.3 is 19.9 Å². The van der Waals surface area contributed by atoms with E-state index in [2.05, 4.69) is 29.2 Å². The molecule has 0 saturated carbocycles. The van der Waals surface area contributed by atoms with Crippen LogP contribution in [0.3, 0.4) is 0 Å². The van der Waals surface area contributed by atoms with Gasteiger partial charge in [-0.3, -0.25) is 4.79 Å². The molecule has 0 aromatic heterocycles. The van der Waals surface area contributed by atoms with Gasteiger partial charge in [-0.15, -0.1) is 0 Å². The molecule has 1 atom stereocenters. The average molecular weight is 271 g/mol. The van der Waals surface area contributed by atoms with Gasteiger partial charge >= 0.3 is 5.97 Å². The topological polar surface area (TPSA) is 44.8 Å². The number of carbonyl (C=O) groups excluding carboxylic acids is 1. The second-order valence-corrected chi connectivity index (χ2v) is 5.80. The second kappa shape index (κ2) is 7.22. The SMILES string of the molecule is CCNC(C)(CN(C)C1CCN(C)CC1)C(=O)OC. The van der Waals surface area contributed by atoms with E-state index < -0.39 is 5.54 Å². The van der Waals surface area contributed by atoms with Crippen LogP contribution >= 0.6 is 0 Å². The van der Waals surface area contributed by atoms with E-state index in [0.717, 1.165) is 32.5 Å². The highest BCUT2D eigenvalue weighted by molar-refractivity contribution is 5.80.